The van der Waals surface area contributed by atoms with Crippen molar-refractivity contribution in [2.45, 2.75) is 33.1 Å². The van der Waals surface area contributed by atoms with E-state index in [9.17, 15) is 4.79 Å². The third-order valence-corrected chi connectivity index (χ3v) is 4.12. The summed E-state index contributed by atoms with van der Waals surface area (Å²) in [5.41, 5.74) is 5.83. The highest BCUT2D eigenvalue weighted by Crippen LogP contribution is 2.37. The van der Waals surface area contributed by atoms with E-state index in [1.54, 1.807) is 0 Å². The van der Waals surface area contributed by atoms with Gasteiger partial charge in [0.2, 0.25) is 0 Å². The minimum atomic E-state index is -0.266. The summed E-state index contributed by atoms with van der Waals surface area (Å²) in [5.74, 6) is 0.465. The molecule has 1 aliphatic rings. The molecule has 112 valence electrons. The molecule has 0 atom stereocenters. The van der Waals surface area contributed by atoms with E-state index < -0.39 is 0 Å². The van der Waals surface area contributed by atoms with Gasteiger partial charge in [0.25, 0.3) is 0 Å². The van der Waals surface area contributed by atoms with Crippen LogP contribution in [0, 0.1) is 6.92 Å². The van der Waals surface area contributed by atoms with Gasteiger partial charge in [-0.2, -0.15) is 0 Å². The highest BCUT2D eigenvalue weighted by Gasteiger charge is 2.21. The zero-order valence-corrected chi connectivity index (χ0v) is 13.1. The molecular formula is C20H20O2. The summed E-state index contributed by atoms with van der Waals surface area (Å²) in [4.78, 5) is 11.6. The van der Waals surface area contributed by atoms with Crippen LogP contribution in [-0.4, -0.2) is 5.97 Å². The minimum absolute atomic E-state index is 0.266. The Labute approximate surface area is 131 Å². The summed E-state index contributed by atoms with van der Waals surface area (Å²) in [6.45, 7) is 3.57. The number of hydrogen-bond donors (Lipinski definition) is 0. The van der Waals surface area contributed by atoms with E-state index in [-0.39, 0.29) is 5.97 Å². The monoisotopic (exact) mass is 292 g/mol. The molecule has 0 radical (unpaired) electrons. The van der Waals surface area contributed by atoms with Crippen molar-refractivity contribution in [3.63, 3.8) is 0 Å². The van der Waals surface area contributed by atoms with Gasteiger partial charge >= 0.3 is 5.97 Å². The molecule has 2 nitrogen and oxygen atoms in total. The lowest BCUT2D eigenvalue weighted by atomic mass is 9.95. The molecule has 0 fully saturated rings. The Bertz CT molecular complexity index is 741. The van der Waals surface area contributed by atoms with Crippen LogP contribution in [0.15, 0.2) is 48.5 Å². The predicted octanol–water partition coefficient (Wildman–Crippen LogP) is 4.76. The molecule has 22 heavy (non-hydrogen) atoms. The van der Waals surface area contributed by atoms with Crippen molar-refractivity contribution >= 4 is 17.3 Å². The second-order valence-electron chi connectivity index (χ2n) is 5.73. The third kappa shape index (κ3) is 2.82. The number of carbonyl (C=O) groups is 1. The Kier molecular flexibility index (Phi) is 4.10. The molecule has 0 amide bonds. The summed E-state index contributed by atoms with van der Waals surface area (Å²) in [6.07, 6.45) is 2.99. The van der Waals surface area contributed by atoms with Gasteiger partial charge in [-0.25, -0.2) is 0 Å². The standard InChI is InChI=1S/C20H20O2/c1-14-8-3-5-11-17(14)19-13-7-10-16-9-4-6-12-18(16)20(19)22-15(2)21/h3-6,8-9,11-12H,7,10,13H2,1-2H3. The number of rotatable bonds is 2. The molecule has 2 heteroatoms. The minimum Gasteiger partial charge on any atom is -0.426 e. The van der Waals surface area contributed by atoms with Gasteiger partial charge in [-0.15, -0.1) is 0 Å². The zero-order chi connectivity index (χ0) is 15.5. The third-order valence-electron chi connectivity index (χ3n) is 4.12. The Balaban J connectivity index is 2.24. The smallest absolute Gasteiger partial charge is 0.308 e. The topological polar surface area (TPSA) is 26.3 Å². The number of carbonyl (C=O) groups excluding carboxylic acids is 1. The van der Waals surface area contributed by atoms with Crippen LogP contribution >= 0.6 is 0 Å². The van der Waals surface area contributed by atoms with Crippen LogP contribution in [0.5, 0.6) is 0 Å². The van der Waals surface area contributed by atoms with Crippen LogP contribution in [0.4, 0.5) is 0 Å². The maximum atomic E-state index is 11.6. The molecule has 2 aromatic rings. The average molecular weight is 292 g/mol. The van der Waals surface area contributed by atoms with Gasteiger partial charge in [-0.05, 0) is 42.9 Å². The maximum Gasteiger partial charge on any atom is 0.308 e. The van der Waals surface area contributed by atoms with Crippen molar-refractivity contribution in [2.75, 3.05) is 0 Å². The van der Waals surface area contributed by atoms with Crippen LogP contribution in [0.1, 0.15) is 42.0 Å². The lowest BCUT2D eigenvalue weighted by Crippen LogP contribution is -2.03. The molecule has 0 unspecified atom stereocenters. The van der Waals surface area contributed by atoms with E-state index in [1.807, 2.05) is 24.3 Å². The van der Waals surface area contributed by atoms with Crippen LogP contribution < -0.4 is 0 Å². The Hall–Kier alpha value is -2.35. The summed E-state index contributed by atoms with van der Waals surface area (Å²) in [7, 11) is 0. The molecule has 0 aromatic heterocycles. The Morgan fingerprint density at radius 3 is 2.36 bits per heavy atom. The summed E-state index contributed by atoms with van der Waals surface area (Å²) in [5, 5.41) is 0. The van der Waals surface area contributed by atoms with Crippen LogP contribution in [0.25, 0.3) is 11.3 Å². The van der Waals surface area contributed by atoms with Crippen molar-refractivity contribution in [3.05, 3.63) is 70.8 Å². The van der Waals surface area contributed by atoms with Crippen molar-refractivity contribution in [2.24, 2.45) is 0 Å². The zero-order valence-electron chi connectivity index (χ0n) is 13.1. The first kappa shape index (κ1) is 14.6. The van der Waals surface area contributed by atoms with E-state index in [2.05, 4.69) is 31.2 Å². The first-order valence-electron chi connectivity index (χ1n) is 7.72. The van der Waals surface area contributed by atoms with Gasteiger partial charge in [-0.1, -0.05) is 48.5 Å². The number of esters is 1. The fourth-order valence-electron chi connectivity index (χ4n) is 3.12. The normalized spacial score (nSPS) is 14.3. The molecular weight excluding hydrogens is 272 g/mol. The van der Waals surface area contributed by atoms with Gasteiger partial charge in [0.1, 0.15) is 5.76 Å². The van der Waals surface area contributed by atoms with Crippen LogP contribution in [0.2, 0.25) is 0 Å². The average Bonchev–Trinajstić information content (AvgIpc) is 2.68. The fraction of sp³-hybridized carbons (Fsp3) is 0.250. The number of allylic oxidation sites excluding steroid dienone is 1. The quantitative estimate of drug-likeness (QED) is 0.746. The fourth-order valence-corrected chi connectivity index (χ4v) is 3.12. The first-order chi connectivity index (χ1) is 10.7. The molecule has 0 heterocycles. The summed E-state index contributed by atoms with van der Waals surface area (Å²) < 4.78 is 5.66. The Morgan fingerprint density at radius 2 is 1.64 bits per heavy atom. The number of fused-ring (bicyclic) bond motifs is 1. The largest absolute Gasteiger partial charge is 0.426 e. The first-order valence-corrected chi connectivity index (χ1v) is 7.72. The second-order valence-corrected chi connectivity index (χ2v) is 5.73. The Morgan fingerprint density at radius 1 is 0.955 bits per heavy atom. The molecule has 0 saturated heterocycles. The van der Waals surface area contributed by atoms with Crippen LogP contribution in [-0.2, 0) is 16.0 Å². The number of benzene rings is 2. The lowest BCUT2D eigenvalue weighted by Gasteiger charge is -2.16. The van der Waals surface area contributed by atoms with E-state index in [0.717, 1.165) is 36.2 Å². The summed E-state index contributed by atoms with van der Waals surface area (Å²) >= 11 is 0. The molecule has 0 N–H and O–H groups in total. The van der Waals surface area contributed by atoms with Gasteiger partial charge in [0.15, 0.2) is 0 Å². The molecule has 2 aromatic carbocycles. The molecule has 0 spiro atoms. The van der Waals surface area contributed by atoms with Crippen molar-refractivity contribution in [1.29, 1.82) is 0 Å². The van der Waals surface area contributed by atoms with Gasteiger partial charge in [-0.3, -0.25) is 4.79 Å². The molecule has 0 aliphatic heterocycles. The lowest BCUT2D eigenvalue weighted by molar-refractivity contribution is -0.134. The van der Waals surface area contributed by atoms with Gasteiger partial charge in [0.05, 0.1) is 0 Å². The van der Waals surface area contributed by atoms with E-state index in [1.165, 1.54) is 23.6 Å². The molecule has 1 aliphatic carbocycles. The highest BCUT2D eigenvalue weighted by atomic mass is 16.5. The van der Waals surface area contributed by atoms with E-state index in [4.69, 9.17) is 4.74 Å². The predicted molar refractivity (Wildman–Crippen MR) is 89.1 cm³/mol. The molecule has 3 rings (SSSR count). The highest BCUT2D eigenvalue weighted by molar-refractivity contribution is 5.93. The molecule has 0 bridgehead atoms. The van der Waals surface area contributed by atoms with Crippen molar-refractivity contribution in [1.82, 2.24) is 0 Å². The van der Waals surface area contributed by atoms with E-state index >= 15 is 0 Å². The number of ether oxygens (including phenoxy) is 1. The SMILES string of the molecule is CC(=O)OC1=C(c2ccccc2C)CCCc2ccccc21. The van der Waals surface area contributed by atoms with E-state index in [0.29, 0.717) is 0 Å². The molecule has 0 saturated carbocycles. The maximum absolute atomic E-state index is 11.6. The second kappa shape index (κ2) is 6.18. The van der Waals surface area contributed by atoms with Crippen LogP contribution in [0.3, 0.4) is 0 Å². The van der Waals surface area contributed by atoms with Crippen molar-refractivity contribution < 1.29 is 9.53 Å². The number of hydrogen-bond acceptors (Lipinski definition) is 2. The summed E-state index contributed by atoms with van der Waals surface area (Å²) in [6, 6.07) is 16.5. The number of aryl methyl sites for hydroxylation is 2. The van der Waals surface area contributed by atoms with Crippen molar-refractivity contribution in [3.8, 4) is 0 Å². The van der Waals surface area contributed by atoms with Gasteiger partial charge in [0, 0.05) is 18.1 Å². The van der Waals surface area contributed by atoms with Gasteiger partial charge < -0.3 is 4.74 Å².